The molecule has 0 atom stereocenters. The summed E-state index contributed by atoms with van der Waals surface area (Å²) in [5.41, 5.74) is 3.24. The van der Waals surface area contributed by atoms with E-state index in [9.17, 15) is 18.0 Å². The minimum absolute atomic E-state index is 0.00522. The molecule has 2 nitrogen and oxygen atoms in total. The Hall–Kier alpha value is -2.56. The van der Waals surface area contributed by atoms with Crippen LogP contribution in [0.15, 0.2) is 35.9 Å². The number of ether oxygens (including phenoxy) is 1. The predicted molar refractivity (Wildman–Crippen MR) is 84.1 cm³/mol. The van der Waals surface area contributed by atoms with Crippen molar-refractivity contribution in [1.82, 2.24) is 0 Å². The summed E-state index contributed by atoms with van der Waals surface area (Å²) in [7, 11) is 1.28. The summed E-state index contributed by atoms with van der Waals surface area (Å²) in [5.74, 6) is -3.68. The number of halogens is 3. The molecule has 0 unspecified atom stereocenters. The number of hydrogen-bond acceptors (Lipinski definition) is 2. The smallest absolute Gasteiger partial charge is 0.337 e. The normalized spacial score (nSPS) is 13.7. The second kappa shape index (κ2) is 6.15. The number of allylic oxidation sites excluding steroid dienone is 1. The van der Waals surface area contributed by atoms with Gasteiger partial charge in [0.1, 0.15) is 5.82 Å². The van der Waals surface area contributed by atoms with Gasteiger partial charge in [-0.1, -0.05) is 11.6 Å². The Kier molecular flexibility index (Phi) is 4.18. The van der Waals surface area contributed by atoms with E-state index in [1.807, 2.05) is 6.92 Å². The summed E-state index contributed by atoms with van der Waals surface area (Å²) >= 11 is 0. The SMILES string of the molecule is COC(=O)c1ccc2c(c1)C(c1cc(F)c(F)cc1F)=C(C)CC2. The zero-order valence-corrected chi connectivity index (χ0v) is 13.3. The van der Waals surface area contributed by atoms with E-state index in [2.05, 4.69) is 0 Å². The standard InChI is InChI=1S/C19H15F3O2/c1-10-3-4-11-5-6-12(19(23)24-2)7-13(11)18(10)14-8-16(21)17(22)9-15(14)20/h5-9H,3-4H2,1-2H3. The van der Waals surface area contributed by atoms with Crippen LogP contribution in [0, 0.1) is 17.5 Å². The molecule has 0 aromatic heterocycles. The lowest BCUT2D eigenvalue weighted by Gasteiger charge is -2.23. The molecule has 1 aliphatic rings. The second-order valence-corrected chi connectivity index (χ2v) is 5.77. The third kappa shape index (κ3) is 2.70. The fraction of sp³-hybridized carbons (Fsp3) is 0.211. The molecule has 0 heterocycles. The van der Waals surface area contributed by atoms with Crippen molar-refractivity contribution in [3.8, 4) is 0 Å². The Balaban J connectivity index is 2.23. The van der Waals surface area contributed by atoms with Gasteiger partial charge in [-0.2, -0.15) is 0 Å². The molecule has 0 spiro atoms. The van der Waals surface area contributed by atoms with Gasteiger partial charge < -0.3 is 4.74 Å². The van der Waals surface area contributed by atoms with Gasteiger partial charge in [0.25, 0.3) is 0 Å². The van der Waals surface area contributed by atoms with Gasteiger partial charge in [-0.05, 0) is 54.7 Å². The summed E-state index contributed by atoms with van der Waals surface area (Å²) in [6.07, 6.45) is 1.41. The van der Waals surface area contributed by atoms with E-state index in [0.717, 1.165) is 23.6 Å². The van der Waals surface area contributed by atoms with Crippen LogP contribution in [-0.2, 0) is 11.2 Å². The number of carbonyl (C=O) groups is 1. The van der Waals surface area contributed by atoms with Crippen molar-refractivity contribution in [1.29, 1.82) is 0 Å². The van der Waals surface area contributed by atoms with Crippen molar-refractivity contribution >= 4 is 11.5 Å². The molecule has 5 heteroatoms. The van der Waals surface area contributed by atoms with Crippen LogP contribution in [0.3, 0.4) is 0 Å². The molecule has 0 aliphatic heterocycles. The highest BCUT2D eigenvalue weighted by molar-refractivity contribution is 5.93. The van der Waals surface area contributed by atoms with Crippen LogP contribution in [0.5, 0.6) is 0 Å². The maximum atomic E-state index is 14.3. The van der Waals surface area contributed by atoms with Gasteiger partial charge in [0.05, 0.1) is 12.7 Å². The summed E-state index contributed by atoms with van der Waals surface area (Å²) in [6.45, 7) is 1.82. The van der Waals surface area contributed by atoms with E-state index in [1.165, 1.54) is 7.11 Å². The number of esters is 1. The highest BCUT2D eigenvalue weighted by Gasteiger charge is 2.23. The molecule has 0 N–H and O–H groups in total. The Morgan fingerprint density at radius 3 is 2.38 bits per heavy atom. The first-order valence-electron chi connectivity index (χ1n) is 7.48. The fourth-order valence-electron chi connectivity index (χ4n) is 3.04. The average Bonchev–Trinajstić information content (AvgIpc) is 2.57. The van der Waals surface area contributed by atoms with Crippen molar-refractivity contribution in [3.63, 3.8) is 0 Å². The first-order chi connectivity index (χ1) is 11.4. The minimum Gasteiger partial charge on any atom is -0.465 e. The molecular formula is C19H15F3O2. The predicted octanol–water partition coefficient (Wildman–Crippen LogP) is 4.66. The summed E-state index contributed by atoms with van der Waals surface area (Å²) < 4.78 is 45.9. The highest BCUT2D eigenvalue weighted by atomic mass is 19.2. The molecule has 24 heavy (non-hydrogen) atoms. The fourth-order valence-corrected chi connectivity index (χ4v) is 3.04. The van der Waals surface area contributed by atoms with Crippen LogP contribution in [0.1, 0.15) is 40.4 Å². The van der Waals surface area contributed by atoms with Gasteiger partial charge in [-0.15, -0.1) is 0 Å². The Bertz CT molecular complexity index is 869. The van der Waals surface area contributed by atoms with Crippen LogP contribution in [-0.4, -0.2) is 13.1 Å². The van der Waals surface area contributed by atoms with Crippen LogP contribution < -0.4 is 0 Å². The van der Waals surface area contributed by atoms with Crippen molar-refractivity contribution in [2.45, 2.75) is 19.8 Å². The highest BCUT2D eigenvalue weighted by Crippen LogP contribution is 2.38. The number of methoxy groups -OCH3 is 1. The molecule has 0 saturated carbocycles. The summed E-state index contributed by atoms with van der Waals surface area (Å²) in [6, 6.07) is 6.45. The Morgan fingerprint density at radius 2 is 1.67 bits per heavy atom. The number of benzene rings is 2. The summed E-state index contributed by atoms with van der Waals surface area (Å²) in [4.78, 5) is 11.8. The van der Waals surface area contributed by atoms with Gasteiger partial charge in [-0.3, -0.25) is 0 Å². The lowest BCUT2D eigenvalue weighted by atomic mass is 9.82. The van der Waals surface area contributed by atoms with E-state index in [-0.39, 0.29) is 5.56 Å². The monoisotopic (exact) mass is 332 g/mol. The quantitative estimate of drug-likeness (QED) is 0.591. The maximum Gasteiger partial charge on any atom is 0.337 e. The molecule has 0 saturated heterocycles. The van der Waals surface area contributed by atoms with Gasteiger partial charge in [0, 0.05) is 11.6 Å². The largest absolute Gasteiger partial charge is 0.465 e. The van der Waals surface area contributed by atoms with E-state index >= 15 is 0 Å². The summed E-state index contributed by atoms with van der Waals surface area (Å²) in [5, 5.41) is 0. The molecular weight excluding hydrogens is 317 g/mol. The van der Waals surface area contributed by atoms with Gasteiger partial charge >= 0.3 is 5.97 Å². The molecule has 2 aromatic rings. The van der Waals surface area contributed by atoms with E-state index in [0.29, 0.717) is 29.2 Å². The van der Waals surface area contributed by atoms with Crippen molar-refractivity contribution in [2.24, 2.45) is 0 Å². The topological polar surface area (TPSA) is 26.3 Å². The molecule has 2 aromatic carbocycles. The number of rotatable bonds is 2. The molecule has 0 bridgehead atoms. The third-order valence-corrected chi connectivity index (χ3v) is 4.28. The van der Waals surface area contributed by atoms with Crippen LogP contribution in [0.2, 0.25) is 0 Å². The average molecular weight is 332 g/mol. The van der Waals surface area contributed by atoms with Crippen molar-refractivity contribution < 1.29 is 22.7 Å². The first-order valence-corrected chi connectivity index (χ1v) is 7.48. The van der Waals surface area contributed by atoms with Crippen LogP contribution in [0.25, 0.3) is 5.57 Å². The zero-order chi connectivity index (χ0) is 17.4. The number of carbonyl (C=O) groups excluding carboxylic acids is 1. The number of fused-ring (bicyclic) bond motifs is 1. The minimum atomic E-state index is -1.23. The first kappa shape index (κ1) is 16.3. The number of hydrogen-bond donors (Lipinski definition) is 0. The van der Waals surface area contributed by atoms with E-state index in [1.54, 1.807) is 18.2 Å². The van der Waals surface area contributed by atoms with Gasteiger partial charge in [0.2, 0.25) is 0 Å². The molecule has 0 amide bonds. The van der Waals surface area contributed by atoms with E-state index < -0.39 is 23.4 Å². The number of aryl methyl sites for hydroxylation is 1. The van der Waals surface area contributed by atoms with Crippen LogP contribution in [0.4, 0.5) is 13.2 Å². The van der Waals surface area contributed by atoms with Crippen LogP contribution >= 0.6 is 0 Å². The lowest BCUT2D eigenvalue weighted by Crippen LogP contribution is -2.10. The molecule has 1 aliphatic carbocycles. The maximum absolute atomic E-state index is 14.3. The Labute approximate surface area is 137 Å². The third-order valence-electron chi connectivity index (χ3n) is 4.28. The molecule has 0 radical (unpaired) electrons. The zero-order valence-electron chi connectivity index (χ0n) is 13.3. The molecule has 0 fully saturated rings. The van der Waals surface area contributed by atoms with Gasteiger partial charge in [0.15, 0.2) is 11.6 Å². The van der Waals surface area contributed by atoms with Gasteiger partial charge in [-0.25, -0.2) is 18.0 Å². The molecule has 124 valence electrons. The Morgan fingerprint density at radius 1 is 0.958 bits per heavy atom. The van der Waals surface area contributed by atoms with Crippen molar-refractivity contribution in [3.05, 3.63) is 75.6 Å². The second-order valence-electron chi connectivity index (χ2n) is 5.77. The lowest BCUT2D eigenvalue weighted by molar-refractivity contribution is 0.0600. The molecule has 3 rings (SSSR count). The van der Waals surface area contributed by atoms with E-state index in [4.69, 9.17) is 4.74 Å². The van der Waals surface area contributed by atoms with Crippen molar-refractivity contribution in [2.75, 3.05) is 7.11 Å².